The van der Waals surface area contributed by atoms with Crippen molar-refractivity contribution in [1.82, 2.24) is 5.43 Å². The lowest BCUT2D eigenvalue weighted by molar-refractivity contribution is 0.0953. The van der Waals surface area contributed by atoms with Gasteiger partial charge in [-0.1, -0.05) is 63.2 Å². The van der Waals surface area contributed by atoms with Crippen molar-refractivity contribution in [1.29, 1.82) is 0 Å². The lowest BCUT2D eigenvalue weighted by Crippen LogP contribution is -2.29. The molecular formula is C25H28N2O2. The highest BCUT2D eigenvalue weighted by atomic mass is 16.5. The number of ether oxygens (including phenoxy) is 1. The number of nitrogen functional groups attached to an aromatic ring is 1. The van der Waals surface area contributed by atoms with Crippen molar-refractivity contribution < 1.29 is 9.53 Å². The standard InChI is InChI=1S/C25H28N2O2/c1-17-14-22(25(2,3)4)12-13-23(17)29-16-18-6-5-7-21(15-18)19-8-10-20(11-9-19)24(28)27-26/h5-15H,16,26H2,1-4H3,(H,27,28). The van der Waals surface area contributed by atoms with E-state index in [1.54, 1.807) is 12.1 Å². The van der Waals surface area contributed by atoms with Gasteiger partial charge in [0.25, 0.3) is 5.91 Å². The summed E-state index contributed by atoms with van der Waals surface area (Å²) >= 11 is 0. The first-order valence-corrected chi connectivity index (χ1v) is 9.72. The molecule has 0 aliphatic carbocycles. The Hall–Kier alpha value is -3.11. The van der Waals surface area contributed by atoms with E-state index in [1.165, 1.54) is 5.56 Å². The van der Waals surface area contributed by atoms with Crippen LogP contribution in [-0.4, -0.2) is 5.91 Å². The Labute approximate surface area is 172 Å². The molecule has 3 aromatic carbocycles. The van der Waals surface area contributed by atoms with Crippen molar-refractivity contribution in [2.45, 2.75) is 39.7 Å². The van der Waals surface area contributed by atoms with Gasteiger partial charge in [-0.15, -0.1) is 0 Å². The van der Waals surface area contributed by atoms with Crippen LogP contribution in [0.3, 0.4) is 0 Å². The average molecular weight is 389 g/mol. The molecule has 0 saturated carbocycles. The first-order chi connectivity index (χ1) is 13.8. The molecule has 4 heteroatoms. The van der Waals surface area contributed by atoms with Crippen LogP contribution in [0.2, 0.25) is 0 Å². The topological polar surface area (TPSA) is 64.3 Å². The molecule has 0 spiro atoms. The fourth-order valence-corrected chi connectivity index (χ4v) is 3.18. The van der Waals surface area contributed by atoms with Gasteiger partial charge in [-0.3, -0.25) is 10.2 Å². The summed E-state index contributed by atoms with van der Waals surface area (Å²) in [6.45, 7) is 9.21. The van der Waals surface area contributed by atoms with Crippen molar-refractivity contribution in [2.24, 2.45) is 5.84 Å². The molecule has 3 N–H and O–H groups in total. The Kier molecular flexibility index (Phi) is 6.04. The van der Waals surface area contributed by atoms with Crippen LogP contribution in [0.1, 0.15) is 47.8 Å². The largest absolute Gasteiger partial charge is 0.489 e. The van der Waals surface area contributed by atoms with Crippen molar-refractivity contribution in [3.63, 3.8) is 0 Å². The Bertz CT molecular complexity index is 1000. The molecule has 0 saturated heterocycles. The summed E-state index contributed by atoms with van der Waals surface area (Å²) in [5, 5.41) is 0. The highest BCUT2D eigenvalue weighted by Gasteiger charge is 2.14. The molecule has 0 atom stereocenters. The normalized spacial score (nSPS) is 11.2. The lowest BCUT2D eigenvalue weighted by atomic mass is 9.86. The predicted octanol–water partition coefficient (Wildman–Crippen LogP) is 5.14. The van der Waals surface area contributed by atoms with E-state index >= 15 is 0 Å². The van der Waals surface area contributed by atoms with Crippen molar-refractivity contribution >= 4 is 5.91 Å². The minimum atomic E-state index is -0.299. The number of nitrogens with one attached hydrogen (secondary N) is 1. The van der Waals surface area contributed by atoms with Crippen LogP contribution in [0, 0.1) is 6.92 Å². The molecule has 0 aromatic heterocycles. The Morgan fingerprint density at radius 2 is 1.69 bits per heavy atom. The zero-order valence-electron chi connectivity index (χ0n) is 17.5. The number of aryl methyl sites for hydroxylation is 1. The van der Waals surface area contributed by atoms with Gasteiger partial charge in [0.15, 0.2) is 0 Å². The fourth-order valence-electron chi connectivity index (χ4n) is 3.18. The molecule has 0 bridgehead atoms. The number of amides is 1. The van der Waals surface area contributed by atoms with Gasteiger partial charge < -0.3 is 4.74 Å². The van der Waals surface area contributed by atoms with Crippen LogP contribution < -0.4 is 16.0 Å². The van der Waals surface area contributed by atoms with Gasteiger partial charge in [0, 0.05) is 5.56 Å². The van der Waals surface area contributed by atoms with Gasteiger partial charge in [-0.2, -0.15) is 0 Å². The fraction of sp³-hybridized carbons (Fsp3) is 0.240. The minimum absolute atomic E-state index is 0.123. The molecule has 0 fully saturated rings. The van der Waals surface area contributed by atoms with Crippen LogP contribution in [0.15, 0.2) is 66.7 Å². The van der Waals surface area contributed by atoms with Crippen LogP contribution in [-0.2, 0) is 12.0 Å². The first kappa shape index (κ1) is 20.6. The van der Waals surface area contributed by atoms with E-state index in [0.29, 0.717) is 12.2 Å². The van der Waals surface area contributed by atoms with Gasteiger partial charge in [0.05, 0.1) is 0 Å². The lowest BCUT2D eigenvalue weighted by Gasteiger charge is -2.20. The summed E-state index contributed by atoms with van der Waals surface area (Å²) in [5.41, 5.74) is 8.44. The summed E-state index contributed by atoms with van der Waals surface area (Å²) in [4.78, 5) is 11.6. The number of hydrogen-bond acceptors (Lipinski definition) is 3. The third-order valence-electron chi connectivity index (χ3n) is 4.97. The van der Waals surface area contributed by atoms with E-state index in [9.17, 15) is 4.79 Å². The highest BCUT2D eigenvalue weighted by Crippen LogP contribution is 2.28. The van der Waals surface area contributed by atoms with Gasteiger partial charge in [0.1, 0.15) is 12.4 Å². The van der Waals surface area contributed by atoms with Gasteiger partial charge in [0.2, 0.25) is 0 Å². The Balaban J connectivity index is 1.73. The van der Waals surface area contributed by atoms with E-state index in [4.69, 9.17) is 10.6 Å². The molecule has 0 aliphatic heterocycles. The van der Waals surface area contributed by atoms with E-state index in [2.05, 4.69) is 63.5 Å². The number of carbonyl (C=O) groups is 1. The number of benzene rings is 3. The van der Waals surface area contributed by atoms with Gasteiger partial charge >= 0.3 is 0 Å². The molecule has 4 nitrogen and oxygen atoms in total. The van der Waals surface area contributed by atoms with E-state index in [-0.39, 0.29) is 11.3 Å². The second-order valence-electron chi connectivity index (χ2n) is 8.27. The smallest absolute Gasteiger partial charge is 0.265 e. The van der Waals surface area contributed by atoms with Crippen LogP contribution in [0.5, 0.6) is 5.75 Å². The summed E-state index contributed by atoms with van der Waals surface area (Å²) < 4.78 is 6.08. The quantitative estimate of drug-likeness (QED) is 0.361. The first-order valence-electron chi connectivity index (χ1n) is 9.72. The maximum absolute atomic E-state index is 11.6. The van der Waals surface area contributed by atoms with E-state index in [0.717, 1.165) is 28.0 Å². The molecular weight excluding hydrogens is 360 g/mol. The molecule has 29 heavy (non-hydrogen) atoms. The number of nitrogens with two attached hydrogens (primary N) is 1. The molecule has 150 valence electrons. The van der Waals surface area contributed by atoms with Crippen LogP contribution >= 0.6 is 0 Å². The van der Waals surface area contributed by atoms with Crippen molar-refractivity contribution in [3.8, 4) is 16.9 Å². The molecule has 0 unspecified atom stereocenters. The monoisotopic (exact) mass is 388 g/mol. The molecule has 0 aliphatic rings. The Morgan fingerprint density at radius 3 is 2.31 bits per heavy atom. The molecule has 3 rings (SSSR count). The third kappa shape index (κ3) is 5.04. The minimum Gasteiger partial charge on any atom is -0.489 e. The molecule has 1 amide bonds. The van der Waals surface area contributed by atoms with Crippen LogP contribution in [0.25, 0.3) is 11.1 Å². The second-order valence-corrected chi connectivity index (χ2v) is 8.27. The molecule has 3 aromatic rings. The van der Waals surface area contributed by atoms with Crippen molar-refractivity contribution in [2.75, 3.05) is 0 Å². The summed E-state index contributed by atoms with van der Waals surface area (Å²) in [5.74, 6) is 5.78. The number of carbonyl (C=O) groups excluding carboxylic acids is 1. The van der Waals surface area contributed by atoms with E-state index in [1.807, 2.05) is 24.3 Å². The number of rotatable bonds is 5. The van der Waals surface area contributed by atoms with Crippen molar-refractivity contribution in [3.05, 3.63) is 89.0 Å². The van der Waals surface area contributed by atoms with Crippen LogP contribution in [0.4, 0.5) is 0 Å². The number of hydrazine groups is 1. The summed E-state index contributed by atoms with van der Waals surface area (Å²) in [6, 6.07) is 22.0. The zero-order valence-corrected chi connectivity index (χ0v) is 17.5. The number of hydrogen-bond donors (Lipinski definition) is 2. The predicted molar refractivity (Wildman–Crippen MR) is 118 cm³/mol. The maximum atomic E-state index is 11.6. The summed E-state index contributed by atoms with van der Waals surface area (Å²) in [7, 11) is 0. The average Bonchev–Trinajstić information content (AvgIpc) is 2.72. The third-order valence-corrected chi connectivity index (χ3v) is 4.97. The zero-order chi connectivity index (χ0) is 21.0. The Morgan fingerprint density at radius 1 is 0.966 bits per heavy atom. The SMILES string of the molecule is Cc1cc(C(C)(C)C)ccc1OCc1cccc(-c2ccc(C(=O)NN)cc2)c1. The molecule has 0 heterocycles. The van der Waals surface area contributed by atoms with Gasteiger partial charge in [-0.25, -0.2) is 5.84 Å². The molecule has 0 radical (unpaired) electrons. The highest BCUT2D eigenvalue weighted by molar-refractivity contribution is 5.94. The maximum Gasteiger partial charge on any atom is 0.265 e. The summed E-state index contributed by atoms with van der Waals surface area (Å²) in [6.07, 6.45) is 0. The van der Waals surface area contributed by atoms with Gasteiger partial charge in [-0.05, 0) is 64.4 Å². The second kappa shape index (κ2) is 8.50. The van der Waals surface area contributed by atoms with E-state index < -0.39 is 0 Å².